The summed E-state index contributed by atoms with van der Waals surface area (Å²) in [5.74, 6) is 0.394. The van der Waals surface area contributed by atoms with Crippen molar-refractivity contribution in [3.05, 3.63) is 53.5 Å². The number of hydrogen-bond donors (Lipinski definition) is 1. The summed E-state index contributed by atoms with van der Waals surface area (Å²) in [6, 6.07) is 11.9. The number of rotatable bonds is 5. The summed E-state index contributed by atoms with van der Waals surface area (Å²) in [5.41, 5.74) is 1.13. The lowest BCUT2D eigenvalue weighted by atomic mass is 10.2. The summed E-state index contributed by atoms with van der Waals surface area (Å²) in [4.78, 5) is 15.6. The molecular weight excluding hydrogens is 412 g/mol. The Morgan fingerprint density at radius 3 is 2.48 bits per heavy atom. The Balaban J connectivity index is 1.41. The molecule has 3 heterocycles. The van der Waals surface area contributed by atoms with Gasteiger partial charge in [0.15, 0.2) is 5.69 Å². The number of thiophene rings is 1. The van der Waals surface area contributed by atoms with Crippen LogP contribution in [0, 0.1) is 0 Å². The average Bonchev–Trinajstić information content (AvgIpc) is 3.45. The van der Waals surface area contributed by atoms with Crippen molar-refractivity contribution in [2.24, 2.45) is 0 Å². The monoisotopic (exact) mass is 432 g/mol. The van der Waals surface area contributed by atoms with E-state index in [0.29, 0.717) is 24.5 Å². The lowest BCUT2D eigenvalue weighted by Gasteiger charge is -2.33. The van der Waals surface area contributed by atoms with Gasteiger partial charge in [-0.15, -0.1) is 11.3 Å². The lowest BCUT2D eigenvalue weighted by molar-refractivity contribution is 0.0692. The molecule has 10 heteroatoms. The minimum Gasteiger partial charge on any atom is -0.497 e. The quantitative estimate of drug-likeness (QED) is 0.667. The fourth-order valence-corrected chi connectivity index (χ4v) is 5.29. The maximum absolute atomic E-state index is 12.8. The van der Waals surface area contributed by atoms with Gasteiger partial charge in [-0.3, -0.25) is 9.89 Å². The van der Waals surface area contributed by atoms with E-state index < -0.39 is 10.0 Å². The maximum Gasteiger partial charge on any atom is 0.274 e. The number of H-pyrrole nitrogens is 1. The molecular formula is C19H20N4O4S2. The molecule has 0 aliphatic carbocycles. The Hall–Kier alpha value is -2.69. The summed E-state index contributed by atoms with van der Waals surface area (Å²) >= 11 is 1.56. The van der Waals surface area contributed by atoms with Crippen molar-refractivity contribution in [2.45, 2.75) is 4.90 Å². The molecule has 0 saturated carbocycles. The van der Waals surface area contributed by atoms with E-state index in [2.05, 4.69) is 10.2 Å². The number of aromatic nitrogens is 2. The third-order valence-corrected chi connectivity index (χ3v) is 7.62. The number of nitrogens with zero attached hydrogens (tertiary/aromatic N) is 3. The Morgan fingerprint density at radius 1 is 1.14 bits per heavy atom. The van der Waals surface area contributed by atoms with E-state index in [1.807, 2.05) is 17.5 Å². The van der Waals surface area contributed by atoms with Gasteiger partial charge in [0, 0.05) is 26.2 Å². The third-order valence-electron chi connectivity index (χ3n) is 4.81. The van der Waals surface area contributed by atoms with E-state index >= 15 is 0 Å². The fourth-order valence-electron chi connectivity index (χ4n) is 3.18. The average molecular weight is 433 g/mol. The van der Waals surface area contributed by atoms with Gasteiger partial charge in [0.25, 0.3) is 5.91 Å². The van der Waals surface area contributed by atoms with Crippen molar-refractivity contribution < 1.29 is 17.9 Å². The maximum atomic E-state index is 12.8. The SMILES string of the molecule is COc1ccc(S(=O)(=O)N2CCN(C(=O)c3cc(-c4cccs4)[nH]n3)CC2)cc1. The number of sulfonamides is 1. The van der Waals surface area contributed by atoms with E-state index in [0.717, 1.165) is 10.6 Å². The molecule has 0 atom stereocenters. The van der Waals surface area contributed by atoms with Crippen molar-refractivity contribution in [1.29, 1.82) is 0 Å². The molecule has 0 unspecified atom stereocenters. The van der Waals surface area contributed by atoms with Crippen molar-refractivity contribution in [3.63, 3.8) is 0 Å². The standard InChI is InChI=1S/C19H20N4O4S2/c1-27-14-4-6-15(7-5-14)29(25,26)23-10-8-22(9-11-23)19(24)17-13-16(20-21-17)18-3-2-12-28-18/h2-7,12-13H,8-11H2,1H3,(H,20,21). The smallest absolute Gasteiger partial charge is 0.274 e. The molecule has 29 heavy (non-hydrogen) atoms. The molecule has 1 aliphatic rings. The largest absolute Gasteiger partial charge is 0.497 e. The highest BCUT2D eigenvalue weighted by molar-refractivity contribution is 7.89. The first-order valence-corrected chi connectivity index (χ1v) is 11.3. The van der Waals surface area contributed by atoms with Gasteiger partial charge >= 0.3 is 0 Å². The second-order valence-corrected chi connectivity index (χ2v) is 9.40. The van der Waals surface area contributed by atoms with Crippen LogP contribution in [0.5, 0.6) is 5.75 Å². The van der Waals surface area contributed by atoms with Crippen LogP contribution in [0.15, 0.2) is 52.7 Å². The number of amides is 1. The zero-order chi connectivity index (χ0) is 20.4. The second-order valence-electron chi connectivity index (χ2n) is 6.52. The molecule has 2 aromatic heterocycles. The van der Waals surface area contributed by atoms with E-state index in [9.17, 15) is 13.2 Å². The fraction of sp³-hybridized carbons (Fsp3) is 0.263. The Kier molecular flexibility index (Phi) is 5.39. The van der Waals surface area contributed by atoms with E-state index in [1.54, 1.807) is 34.4 Å². The zero-order valence-electron chi connectivity index (χ0n) is 15.7. The van der Waals surface area contributed by atoms with Gasteiger partial charge in [-0.1, -0.05) is 6.07 Å². The predicted octanol–water partition coefficient (Wildman–Crippen LogP) is 2.29. The van der Waals surface area contributed by atoms with Crippen LogP contribution in [0.2, 0.25) is 0 Å². The molecule has 1 N–H and O–H groups in total. The van der Waals surface area contributed by atoms with Crippen LogP contribution in [0.25, 0.3) is 10.6 Å². The number of ether oxygens (including phenoxy) is 1. The minimum atomic E-state index is -3.61. The van der Waals surface area contributed by atoms with Crippen molar-refractivity contribution in [3.8, 4) is 16.3 Å². The summed E-state index contributed by atoms with van der Waals surface area (Å²) in [5, 5.41) is 8.97. The molecule has 8 nitrogen and oxygen atoms in total. The first-order valence-electron chi connectivity index (χ1n) is 9.02. The van der Waals surface area contributed by atoms with Crippen molar-refractivity contribution >= 4 is 27.3 Å². The van der Waals surface area contributed by atoms with Gasteiger partial charge in [-0.2, -0.15) is 9.40 Å². The number of nitrogens with one attached hydrogen (secondary N) is 1. The van der Waals surface area contributed by atoms with Crippen molar-refractivity contribution in [1.82, 2.24) is 19.4 Å². The first kappa shape index (κ1) is 19.6. The molecule has 1 fully saturated rings. The summed E-state index contributed by atoms with van der Waals surface area (Å²) in [6.45, 7) is 1.11. The number of piperazine rings is 1. The van der Waals surface area contributed by atoms with E-state index in [4.69, 9.17) is 4.74 Å². The molecule has 0 radical (unpaired) electrons. The van der Waals surface area contributed by atoms with Crippen molar-refractivity contribution in [2.75, 3.05) is 33.3 Å². The Labute approximate surface area is 172 Å². The highest BCUT2D eigenvalue weighted by atomic mass is 32.2. The first-order chi connectivity index (χ1) is 14.0. The van der Waals surface area contributed by atoms with Gasteiger partial charge in [0.1, 0.15) is 5.75 Å². The molecule has 0 spiro atoms. The third kappa shape index (κ3) is 3.91. The van der Waals surface area contributed by atoms with Crippen LogP contribution in [-0.2, 0) is 10.0 Å². The predicted molar refractivity (Wildman–Crippen MR) is 110 cm³/mol. The van der Waals surface area contributed by atoms with E-state index in [-0.39, 0.29) is 23.9 Å². The Morgan fingerprint density at radius 2 is 1.86 bits per heavy atom. The van der Waals surface area contributed by atoms with Gasteiger partial charge in [0.2, 0.25) is 10.0 Å². The minimum absolute atomic E-state index is 0.203. The number of carbonyl (C=O) groups excluding carboxylic acids is 1. The Bertz CT molecular complexity index is 1080. The normalized spacial score (nSPS) is 15.4. The number of aromatic amines is 1. The van der Waals surface area contributed by atoms with Crippen LogP contribution in [0.1, 0.15) is 10.5 Å². The summed E-state index contributed by atoms with van der Waals surface area (Å²) in [7, 11) is -2.08. The van der Waals surface area contributed by atoms with E-state index in [1.165, 1.54) is 23.5 Å². The molecule has 1 saturated heterocycles. The summed E-state index contributed by atoms with van der Waals surface area (Å²) < 4.78 is 32.1. The topological polar surface area (TPSA) is 95.6 Å². The zero-order valence-corrected chi connectivity index (χ0v) is 17.4. The highest BCUT2D eigenvalue weighted by Crippen LogP contribution is 2.24. The summed E-state index contributed by atoms with van der Waals surface area (Å²) in [6.07, 6.45) is 0. The molecule has 0 bridgehead atoms. The molecule has 1 aliphatic heterocycles. The number of methoxy groups -OCH3 is 1. The number of hydrogen-bond acceptors (Lipinski definition) is 6. The van der Waals surface area contributed by atoms with Gasteiger partial charge in [-0.05, 0) is 41.8 Å². The van der Waals surface area contributed by atoms with Crippen LogP contribution in [0.4, 0.5) is 0 Å². The second kappa shape index (κ2) is 7.97. The molecule has 4 rings (SSSR count). The van der Waals surface area contributed by atoms with Gasteiger partial charge < -0.3 is 9.64 Å². The number of benzene rings is 1. The van der Waals surface area contributed by atoms with Gasteiger partial charge in [0.05, 0.1) is 22.6 Å². The molecule has 152 valence electrons. The number of carbonyl (C=O) groups is 1. The molecule has 1 amide bonds. The van der Waals surface area contributed by atoms with Crippen LogP contribution < -0.4 is 4.74 Å². The van der Waals surface area contributed by atoms with Crippen LogP contribution >= 0.6 is 11.3 Å². The highest BCUT2D eigenvalue weighted by Gasteiger charge is 2.31. The van der Waals surface area contributed by atoms with Crippen LogP contribution in [0.3, 0.4) is 0 Å². The van der Waals surface area contributed by atoms with Crippen LogP contribution in [-0.4, -0.2) is 67.0 Å². The van der Waals surface area contributed by atoms with Gasteiger partial charge in [-0.25, -0.2) is 8.42 Å². The molecule has 1 aromatic carbocycles. The molecule has 3 aromatic rings. The lowest BCUT2D eigenvalue weighted by Crippen LogP contribution is -2.50.